The number of thiophene rings is 1. The summed E-state index contributed by atoms with van der Waals surface area (Å²) in [5.74, 6) is 0. The van der Waals surface area contributed by atoms with E-state index in [1.807, 2.05) is 31.1 Å². The molecule has 0 saturated carbocycles. The lowest BCUT2D eigenvalue weighted by molar-refractivity contribution is 0.311. The van der Waals surface area contributed by atoms with Crippen molar-refractivity contribution in [3.8, 4) is 0 Å². The van der Waals surface area contributed by atoms with Crippen molar-refractivity contribution in [3.63, 3.8) is 0 Å². The number of halogens is 1. The first-order chi connectivity index (χ1) is 5.11. The molecule has 0 aliphatic heterocycles. The predicted octanol–water partition coefficient (Wildman–Crippen LogP) is 2.03. The number of nitrogens with two attached hydrogens (primary N) is 1. The van der Waals surface area contributed by atoms with Crippen LogP contribution in [0.15, 0.2) is 15.9 Å². The number of rotatable bonds is 2. The van der Waals surface area contributed by atoms with Gasteiger partial charge in [0.05, 0.1) is 9.95 Å². The zero-order valence-corrected chi connectivity index (χ0v) is 8.95. The van der Waals surface area contributed by atoms with Gasteiger partial charge in [0, 0.05) is 4.88 Å². The van der Waals surface area contributed by atoms with Crippen molar-refractivity contribution in [1.29, 1.82) is 0 Å². The topological polar surface area (TPSA) is 29.3 Å². The third-order valence-corrected chi connectivity index (χ3v) is 3.14. The van der Waals surface area contributed by atoms with Gasteiger partial charge in [0.1, 0.15) is 0 Å². The zero-order valence-electron chi connectivity index (χ0n) is 6.54. The van der Waals surface area contributed by atoms with Crippen LogP contribution in [0, 0.1) is 0 Å². The number of nitrogens with zero attached hydrogens (tertiary/aromatic N) is 1. The van der Waals surface area contributed by atoms with Crippen molar-refractivity contribution in [3.05, 3.63) is 20.8 Å². The molecular formula is C7H11BrN2S. The largest absolute Gasteiger partial charge is 0.311 e. The van der Waals surface area contributed by atoms with Crippen molar-refractivity contribution >= 4 is 27.3 Å². The van der Waals surface area contributed by atoms with Gasteiger partial charge in [0.2, 0.25) is 0 Å². The van der Waals surface area contributed by atoms with Crippen LogP contribution in [-0.4, -0.2) is 19.0 Å². The fourth-order valence-electron chi connectivity index (χ4n) is 0.742. The highest BCUT2D eigenvalue weighted by Crippen LogP contribution is 2.26. The summed E-state index contributed by atoms with van der Waals surface area (Å²) in [5, 5.41) is 0. The van der Waals surface area contributed by atoms with E-state index in [-0.39, 0.29) is 6.17 Å². The molecule has 4 heteroatoms. The van der Waals surface area contributed by atoms with Crippen molar-refractivity contribution < 1.29 is 0 Å². The zero-order chi connectivity index (χ0) is 8.43. The SMILES string of the molecule is CN(C)C(N)c1ccc(Br)s1. The minimum atomic E-state index is 0.0197. The summed E-state index contributed by atoms with van der Waals surface area (Å²) in [7, 11) is 3.94. The molecule has 1 rings (SSSR count). The van der Waals surface area contributed by atoms with Gasteiger partial charge in [-0.05, 0) is 42.2 Å². The van der Waals surface area contributed by atoms with Gasteiger partial charge >= 0.3 is 0 Å². The van der Waals surface area contributed by atoms with Crippen LogP contribution in [0.4, 0.5) is 0 Å². The molecular weight excluding hydrogens is 224 g/mol. The molecule has 0 saturated heterocycles. The molecule has 1 atom stereocenters. The molecule has 1 aromatic rings. The molecule has 0 aromatic carbocycles. The number of hydrogen-bond donors (Lipinski definition) is 1. The van der Waals surface area contributed by atoms with Gasteiger partial charge in [0.25, 0.3) is 0 Å². The second-order valence-electron chi connectivity index (χ2n) is 2.55. The van der Waals surface area contributed by atoms with Crippen LogP contribution in [0.2, 0.25) is 0 Å². The fraction of sp³-hybridized carbons (Fsp3) is 0.429. The maximum absolute atomic E-state index is 5.87. The van der Waals surface area contributed by atoms with E-state index in [0.717, 1.165) is 3.79 Å². The molecule has 1 aromatic heterocycles. The Morgan fingerprint density at radius 2 is 2.18 bits per heavy atom. The molecule has 2 nitrogen and oxygen atoms in total. The lowest BCUT2D eigenvalue weighted by Gasteiger charge is -2.17. The summed E-state index contributed by atoms with van der Waals surface area (Å²) in [6, 6.07) is 4.06. The molecule has 1 unspecified atom stereocenters. The molecule has 0 aliphatic rings. The van der Waals surface area contributed by atoms with Gasteiger partial charge in [-0.3, -0.25) is 4.90 Å². The highest BCUT2D eigenvalue weighted by molar-refractivity contribution is 9.11. The van der Waals surface area contributed by atoms with Crippen molar-refractivity contribution in [2.45, 2.75) is 6.17 Å². The summed E-state index contributed by atoms with van der Waals surface area (Å²) in [4.78, 5) is 3.17. The van der Waals surface area contributed by atoms with E-state index in [4.69, 9.17) is 5.73 Å². The number of hydrogen-bond acceptors (Lipinski definition) is 3. The quantitative estimate of drug-likeness (QED) is 0.794. The molecule has 11 heavy (non-hydrogen) atoms. The van der Waals surface area contributed by atoms with Gasteiger partial charge in [-0.15, -0.1) is 11.3 Å². The fourth-order valence-corrected chi connectivity index (χ4v) is 2.26. The average molecular weight is 235 g/mol. The van der Waals surface area contributed by atoms with Gasteiger partial charge < -0.3 is 5.73 Å². The van der Waals surface area contributed by atoms with Gasteiger partial charge in [0.15, 0.2) is 0 Å². The Morgan fingerprint density at radius 1 is 1.55 bits per heavy atom. The highest BCUT2D eigenvalue weighted by Gasteiger charge is 2.09. The molecule has 0 amide bonds. The van der Waals surface area contributed by atoms with Crippen LogP contribution in [0.3, 0.4) is 0 Å². The summed E-state index contributed by atoms with van der Waals surface area (Å²) in [6.07, 6.45) is 0.0197. The Morgan fingerprint density at radius 3 is 2.55 bits per heavy atom. The van der Waals surface area contributed by atoms with Gasteiger partial charge in [-0.2, -0.15) is 0 Å². The molecule has 0 spiro atoms. The van der Waals surface area contributed by atoms with E-state index in [9.17, 15) is 0 Å². The first-order valence-electron chi connectivity index (χ1n) is 3.28. The van der Waals surface area contributed by atoms with Crippen LogP contribution in [0.25, 0.3) is 0 Å². The van der Waals surface area contributed by atoms with Crippen molar-refractivity contribution in [1.82, 2.24) is 4.90 Å². The summed E-state index contributed by atoms with van der Waals surface area (Å²) in [5.41, 5.74) is 5.87. The molecule has 1 heterocycles. The normalized spacial score (nSPS) is 13.9. The minimum Gasteiger partial charge on any atom is -0.311 e. The summed E-state index contributed by atoms with van der Waals surface area (Å²) in [6.45, 7) is 0. The molecule has 62 valence electrons. The maximum atomic E-state index is 5.87. The monoisotopic (exact) mass is 234 g/mol. The first-order valence-corrected chi connectivity index (χ1v) is 4.89. The molecule has 0 aliphatic carbocycles. The lowest BCUT2D eigenvalue weighted by Crippen LogP contribution is -2.26. The highest BCUT2D eigenvalue weighted by atomic mass is 79.9. The smallest absolute Gasteiger partial charge is 0.0925 e. The van der Waals surface area contributed by atoms with Crippen molar-refractivity contribution in [2.75, 3.05) is 14.1 Å². The lowest BCUT2D eigenvalue weighted by atomic mass is 10.4. The predicted molar refractivity (Wildman–Crippen MR) is 52.6 cm³/mol. The van der Waals surface area contributed by atoms with Gasteiger partial charge in [-0.1, -0.05) is 0 Å². The summed E-state index contributed by atoms with van der Waals surface area (Å²) < 4.78 is 1.13. The molecule has 2 N–H and O–H groups in total. The van der Waals surface area contributed by atoms with Crippen LogP contribution >= 0.6 is 27.3 Å². The van der Waals surface area contributed by atoms with E-state index >= 15 is 0 Å². The van der Waals surface area contributed by atoms with E-state index < -0.39 is 0 Å². The summed E-state index contributed by atoms with van der Waals surface area (Å²) >= 11 is 5.07. The van der Waals surface area contributed by atoms with Crippen LogP contribution in [0.1, 0.15) is 11.0 Å². The standard InChI is InChI=1S/C7H11BrN2S/c1-10(2)7(9)5-3-4-6(8)11-5/h3-4,7H,9H2,1-2H3. The Labute approximate surface area is 79.1 Å². The molecule has 0 bridgehead atoms. The first kappa shape index (κ1) is 9.19. The molecule has 0 radical (unpaired) electrons. The van der Waals surface area contributed by atoms with Crippen LogP contribution < -0.4 is 5.73 Å². The minimum absolute atomic E-state index is 0.0197. The third-order valence-electron chi connectivity index (χ3n) is 1.44. The van der Waals surface area contributed by atoms with Crippen LogP contribution in [-0.2, 0) is 0 Å². The Hall–Kier alpha value is 0.1000. The second-order valence-corrected chi connectivity index (χ2v) is 5.04. The van der Waals surface area contributed by atoms with E-state index in [1.54, 1.807) is 11.3 Å². The van der Waals surface area contributed by atoms with Crippen LogP contribution in [0.5, 0.6) is 0 Å². The van der Waals surface area contributed by atoms with Gasteiger partial charge in [-0.25, -0.2) is 0 Å². The Bertz CT molecular complexity index is 234. The maximum Gasteiger partial charge on any atom is 0.0925 e. The third kappa shape index (κ3) is 2.27. The molecule has 0 fully saturated rings. The van der Waals surface area contributed by atoms with E-state index in [0.29, 0.717) is 0 Å². The Balaban J connectivity index is 2.76. The van der Waals surface area contributed by atoms with Crippen molar-refractivity contribution in [2.24, 2.45) is 5.73 Å². The average Bonchev–Trinajstić information content (AvgIpc) is 2.34. The van der Waals surface area contributed by atoms with E-state index in [1.165, 1.54) is 4.88 Å². The Kier molecular flexibility index (Phi) is 3.06. The van der Waals surface area contributed by atoms with E-state index in [2.05, 4.69) is 15.9 Å². The second kappa shape index (κ2) is 3.67.